The Morgan fingerprint density at radius 1 is 1.33 bits per heavy atom. The molecule has 0 radical (unpaired) electrons. The lowest BCUT2D eigenvalue weighted by molar-refractivity contribution is 0.0788. The molecule has 3 aromatic rings. The summed E-state index contributed by atoms with van der Waals surface area (Å²) in [6.07, 6.45) is 3.24. The Bertz CT molecular complexity index is 797. The number of carbonyl (C=O) groups excluding carboxylic acids is 1. The van der Waals surface area contributed by atoms with E-state index in [1.807, 2.05) is 23.6 Å². The fraction of sp³-hybridized carbons (Fsp3) is 0.133. The summed E-state index contributed by atoms with van der Waals surface area (Å²) in [4.78, 5) is 24.0. The van der Waals surface area contributed by atoms with E-state index in [1.165, 1.54) is 0 Å². The monoisotopic (exact) mass is 361 g/mol. The molecule has 3 rings (SSSR count). The van der Waals surface area contributed by atoms with Crippen LogP contribution in [0, 0.1) is 0 Å². The number of para-hydroxylation sites is 1. The third kappa shape index (κ3) is 2.96. The lowest BCUT2D eigenvalue weighted by Crippen LogP contribution is -2.26. The third-order valence-corrected chi connectivity index (χ3v) is 4.77. The molecule has 21 heavy (non-hydrogen) atoms. The highest BCUT2D eigenvalue weighted by atomic mass is 79.9. The van der Waals surface area contributed by atoms with Gasteiger partial charge in [-0.15, -0.1) is 11.3 Å². The molecule has 0 saturated heterocycles. The molecule has 0 unspecified atom stereocenters. The van der Waals surface area contributed by atoms with E-state index in [-0.39, 0.29) is 5.91 Å². The van der Waals surface area contributed by atoms with Gasteiger partial charge < -0.3 is 4.90 Å². The SMILES string of the molecule is CN(Cc1cc(Br)cs1)C(=O)c1cccc2nccnc12. The van der Waals surface area contributed by atoms with Crippen molar-refractivity contribution in [2.24, 2.45) is 0 Å². The van der Waals surface area contributed by atoms with E-state index in [2.05, 4.69) is 25.9 Å². The first-order chi connectivity index (χ1) is 10.1. The summed E-state index contributed by atoms with van der Waals surface area (Å²) in [6, 6.07) is 7.51. The van der Waals surface area contributed by atoms with E-state index in [0.29, 0.717) is 17.6 Å². The minimum absolute atomic E-state index is 0.0503. The highest BCUT2D eigenvalue weighted by Gasteiger charge is 2.16. The fourth-order valence-corrected chi connectivity index (χ4v) is 3.62. The van der Waals surface area contributed by atoms with Crippen LogP contribution in [0.1, 0.15) is 15.2 Å². The van der Waals surface area contributed by atoms with E-state index in [4.69, 9.17) is 0 Å². The minimum Gasteiger partial charge on any atom is -0.336 e. The largest absolute Gasteiger partial charge is 0.336 e. The van der Waals surface area contributed by atoms with Gasteiger partial charge in [0.05, 0.1) is 17.6 Å². The standard InChI is InChI=1S/C15H12BrN3OS/c1-19(8-11-7-10(16)9-21-11)15(20)12-3-2-4-13-14(12)18-6-5-17-13/h2-7,9H,8H2,1H3. The van der Waals surface area contributed by atoms with E-state index in [1.54, 1.807) is 41.7 Å². The van der Waals surface area contributed by atoms with Crippen LogP contribution >= 0.6 is 27.3 Å². The zero-order valence-electron chi connectivity index (χ0n) is 11.3. The number of fused-ring (bicyclic) bond motifs is 1. The number of hydrogen-bond donors (Lipinski definition) is 0. The maximum Gasteiger partial charge on any atom is 0.256 e. The number of thiophene rings is 1. The Hall–Kier alpha value is -1.79. The molecule has 4 nitrogen and oxygen atoms in total. The second kappa shape index (κ2) is 5.91. The number of rotatable bonds is 3. The normalized spacial score (nSPS) is 10.8. The zero-order valence-corrected chi connectivity index (χ0v) is 13.7. The molecular formula is C15H12BrN3OS. The topological polar surface area (TPSA) is 46.1 Å². The Morgan fingerprint density at radius 2 is 2.14 bits per heavy atom. The van der Waals surface area contributed by atoms with Gasteiger partial charge in [-0.1, -0.05) is 6.07 Å². The highest BCUT2D eigenvalue weighted by Crippen LogP contribution is 2.22. The van der Waals surface area contributed by atoms with Crippen molar-refractivity contribution >= 4 is 44.2 Å². The van der Waals surface area contributed by atoms with Crippen molar-refractivity contribution in [1.29, 1.82) is 0 Å². The van der Waals surface area contributed by atoms with Gasteiger partial charge in [-0.25, -0.2) is 0 Å². The van der Waals surface area contributed by atoms with Crippen LogP contribution in [0.3, 0.4) is 0 Å². The van der Waals surface area contributed by atoms with E-state index >= 15 is 0 Å². The van der Waals surface area contributed by atoms with Crippen LogP contribution in [0.15, 0.2) is 46.5 Å². The molecule has 0 fully saturated rings. The molecule has 0 aliphatic rings. The molecule has 0 N–H and O–H groups in total. The average molecular weight is 362 g/mol. The van der Waals surface area contributed by atoms with Crippen molar-refractivity contribution in [2.75, 3.05) is 7.05 Å². The van der Waals surface area contributed by atoms with E-state index in [0.717, 1.165) is 14.9 Å². The predicted octanol–water partition coefficient (Wildman–Crippen LogP) is 3.73. The Labute approximate surface area is 134 Å². The maximum absolute atomic E-state index is 12.6. The van der Waals surface area contributed by atoms with Gasteiger partial charge >= 0.3 is 0 Å². The second-order valence-electron chi connectivity index (χ2n) is 4.62. The fourth-order valence-electron chi connectivity index (χ4n) is 2.11. The molecule has 1 aromatic carbocycles. The number of nitrogens with zero attached hydrogens (tertiary/aromatic N) is 3. The molecule has 106 valence electrons. The smallest absolute Gasteiger partial charge is 0.256 e. The lowest BCUT2D eigenvalue weighted by Gasteiger charge is -2.16. The van der Waals surface area contributed by atoms with Crippen molar-refractivity contribution in [2.45, 2.75) is 6.54 Å². The molecular weight excluding hydrogens is 350 g/mol. The van der Waals surface area contributed by atoms with Crippen LogP contribution in [0.25, 0.3) is 11.0 Å². The van der Waals surface area contributed by atoms with Gasteiger partial charge in [-0.05, 0) is 34.1 Å². The summed E-state index contributed by atoms with van der Waals surface area (Å²) in [5, 5.41) is 2.01. The molecule has 0 bridgehead atoms. The molecule has 0 saturated carbocycles. The number of amides is 1. The molecule has 6 heteroatoms. The van der Waals surface area contributed by atoms with Crippen LogP contribution in [0.4, 0.5) is 0 Å². The van der Waals surface area contributed by atoms with Crippen LogP contribution in [0.5, 0.6) is 0 Å². The first kappa shape index (κ1) is 14.2. The van der Waals surface area contributed by atoms with Gasteiger partial charge in [0, 0.05) is 34.2 Å². The first-order valence-electron chi connectivity index (χ1n) is 6.33. The number of carbonyl (C=O) groups is 1. The number of aromatic nitrogens is 2. The van der Waals surface area contributed by atoms with Crippen LogP contribution in [-0.2, 0) is 6.54 Å². The Kier molecular flexibility index (Phi) is 3.98. The summed E-state index contributed by atoms with van der Waals surface area (Å²) in [6.45, 7) is 0.575. The van der Waals surface area contributed by atoms with Gasteiger partial charge in [0.1, 0.15) is 5.52 Å². The number of hydrogen-bond acceptors (Lipinski definition) is 4. The summed E-state index contributed by atoms with van der Waals surface area (Å²) >= 11 is 5.05. The van der Waals surface area contributed by atoms with Gasteiger partial charge in [-0.3, -0.25) is 14.8 Å². The van der Waals surface area contributed by atoms with E-state index < -0.39 is 0 Å². The van der Waals surface area contributed by atoms with Crippen molar-refractivity contribution < 1.29 is 4.79 Å². The molecule has 0 aliphatic heterocycles. The number of benzene rings is 1. The zero-order chi connectivity index (χ0) is 14.8. The second-order valence-corrected chi connectivity index (χ2v) is 6.53. The van der Waals surface area contributed by atoms with E-state index in [9.17, 15) is 4.79 Å². The van der Waals surface area contributed by atoms with Crippen molar-refractivity contribution in [3.63, 3.8) is 0 Å². The lowest BCUT2D eigenvalue weighted by atomic mass is 10.1. The molecule has 2 heterocycles. The van der Waals surface area contributed by atoms with Crippen LogP contribution in [0.2, 0.25) is 0 Å². The first-order valence-corrected chi connectivity index (χ1v) is 8.00. The van der Waals surface area contributed by atoms with Gasteiger partial charge in [0.2, 0.25) is 0 Å². The summed E-state index contributed by atoms with van der Waals surface area (Å²) < 4.78 is 1.04. The summed E-state index contributed by atoms with van der Waals surface area (Å²) in [5.74, 6) is -0.0503. The van der Waals surface area contributed by atoms with Crippen molar-refractivity contribution in [3.05, 3.63) is 57.0 Å². The highest BCUT2D eigenvalue weighted by molar-refractivity contribution is 9.10. The minimum atomic E-state index is -0.0503. The van der Waals surface area contributed by atoms with Gasteiger partial charge in [-0.2, -0.15) is 0 Å². The Balaban J connectivity index is 1.89. The summed E-state index contributed by atoms with van der Waals surface area (Å²) in [5.41, 5.74) is 1.96. The Morgan fingerprint density at radius 3 is 2.90 bits per heavy atom. The van der Waals surface area contributed by atoms with Gasteiger partial charge in [0.25, 0.3) is 5.91 Å². The maximum atomic E-state index is 12.6. The average Bonchev–Trinajstić information content (AvgIpc) is 2.91. The summed E-state index contributed by atoms with van der Waals surface area (Å²) in [7, 11) is 1.80. The van der Waals surface area contributed by atoms with Crippen LogP contribution in [-0.4, -0.2) is 27.8 Å². The quantitative estimate of drug-likeness (QED) is 0.713. The molecule has 0 aliphatic carbocycles. The molecule has 0 atom stereocenters. The van der Waals surface area contributed by atoms with Crippen LogP contribution < -0.4 is 0 Å². The predicted molar refractivity (Wildman–Crippen MR) is 87.4 cm³/mol. The van der Waals surface area contributed by atoms with Crippen molar-refractivity contribution in [1.82, 2.24) is 14.9 Å². The molecule has 1 amide bonds. The number of halogens is 1. The van der Waals surface area contributed by atoms with Gasteiger partial charge in [0.15, 0.2) is 0 Å². The van der Waals surface area contributed by atoms with Crippen molar-refractivity contribution in [3.8, 4) is 0 Å². The molecule has 0 spiro atoms. The molecule has 2 aromatic heterocycles. The third-order valence-electron chi connectivity index (χ3n) is 3.09.